The summed E-state index contributed by atoms with van der Waals surface area (Å²) in [7, 11) is 1.71. The minimum absolute atomic E-state index is 0.0233. The molecule has 0 bridgehead atoms. The van der Waals surface area contributed by atoms with E-state index >= 15 is 0 Å². The highest BCUT2D eigenvalue weighted by Crippen LogP contribution is 2.30. The van der Waals surface area contributed by atoms with Gasteiger partial charge < -0.3 is 20.7 Å². The van der Waals surface area contributed by atoms with Crippen LogP contribution in [0.25, 0.3) is 0 Å². The monoisotopic (exact) mass is 249 g/mol. The van der Waals surface area contributed by atoms with Crippen LogP contribution in [0.5, 0.6) is 5.75 Å². The summed E-state index contributed by atoms with van der Waals surface area (Å²) >= 11 is 0. The molecule has 0 saturated carbocycles. The van der Waals surface area contributed by atoms with Crippen molar-refractivity contribution in [2.45, 2.75) is 13.0 Å². The molecule has 96 valence electrons. The fourth-order valence-corrected chi connectivity index (χ4v) is 1.54. The lowest BCUT2D eigenvalue weighted by Crippen LogP contribution is -2.35. The Morgan fingerprint density at radius 1 is 1.50 bits per heavy atom. The van der Waals surface area contributed by atoms with Crippen LogP contribution >= 0.6 is 0 Å². The van der Waals surface area contributed by atoms with Crippen molar-refractivity contribution in [1.82, 2.24) is 5.32 Å². The number of anilines is 2. The summed E-state index contributed by atoms with van der Waals surface area (Å²) in [6, 6.07) is 4.84. The Hall–Kier alpha value is -2.08. The van der Waals surface area contributed by atoms with Crippen molar-refractivity contribution >= 4 is 23.2 Å². The van der Waals surface area contributed by atoms with Gasteiger partial charge in [-0.2, -0.15) is 0 Å². The van der Waals surface area contributed by atoms with E-state index in [0.29, 0.717) is 17.1 Å². The molecule has 1 aliphatic rings. The van der Waals surface area contributed by atoms with Crippen LogP contribution in [0.15, 0.2) is 18.2 Å². The van der Waals surface area contributed by atoms with Crippen LogP contribution in [0.4, 0.5) is 11.4 Å². The number of rotatable bonds is 3. The third kappa shape index (κ3) is 2.60. The van der Waals surface area contributed by atoms with E-state index < -0.39 is 0 Å². The van der Waals surface area contributed by atoms with Gasteiger partial charge in [-0.05, 0) is 32.2 Å². The van der Waals surface area contributed by atoms with Crippen molar-refractivity contribution in [3.8, 4) is 5.75 Å². The number of carbonyl (C=O) groups excluding carboxylic acids is 2. The summed E-state index contributed by atoms with van der Waals surface area (Å²) in [5.74, 6) is 0.268. The van der Waals surface area contributed by atoms with Crippen LogP contribution < -0.4 is 20.7 Å². The number of hydrogen-bond donors (Lipinski definition) is 3. The molecule has 6 heteroatoms. The highest BCUT2D eigenvalue weighted by molar-refractivity contribution is 5.98. The normalized spacial score (nSPS) is 15.1. The predicted octanol–water partition coefficient (Wildman–Crippen LogP) is 0.564. The molecule has 2 rings (SSSR count). The first kappa shape index (κ1) is 12.4. The molecule has 1 atom stereocenters. The molecule has 1 aromatic rings. The second-order valence-electron chi connectivity index (χ2n) is 4.05. The zero-order chi connectivity index (χ0) is 13.1. The fourth-order valence-electron chi connectivity index (χ4n) is 1.54. The number of hydrogen-bond acceptors (Lipinski definition) is 4. The Kier molecular flexibility index (Phi) is 3.47. The van der Waals surface area contributed by atoms with Gasteiger partial charge in [-0.15, -0.1) is 0 Å². The van der Waals surface area contributed by atoms with Gasteiger partial charge in [0.05, 0.1) is 11.7 Å². The van der Waals surface area contributed by atoms with Gasteiger partial charge in [0, 0.05) is 5.69 Å². The second-order valence-corrected chi connectivity index (χ2v) is 4.05. The Morgan fingerprint density at radius 3 is 3.00 bits per heavy atom. The molecule has 0 spiro atoms. The maximum atomic E-state index is 11.7. The highest BCUT2D eigenvalue weighted by atomic mass is 16.5. The van der Waals surface area contributed by atoms with E-state index in [0.717, 1.165) is 0 Å². The Bertz CT molecular complexity index is 487. The van der Waals surface area contributed by atoms with E-state index in [1.54, 1.807) is 32.2 Å². The molecule has 1 aromatic carbocycles. The average molecular weight is 249 g/mol. The molecule has 2 amide bonds. The van der Waals surface area contributed by atoms with Crippen molar-refractivity contribution in [3.05, 3.63) is 18.2 Å². The maximum Gasteiger partial charge on any atom is 0.262 e. The summed E-state index contributed by atoms with van der Waals surface area (Å²) < 4.78 is 5.23. The first-order valence-corrected chi connectivity index (χ1v) is 5.65. The number of nitrogens with one attached hydrogen (secondary N) is 3. The average Bonchev–Trinajstić information content (AvgIpc) is 2.37. The number of benzene rings is 1. The van der Waals surface area contributed by atoms with Crippen molar-refractivity contribution in [2.75, 3.05) is 24.3 Å². The predicted molar refractivity (Wildman–Crippen MR) is 67.7 cm³/mol. The van der Waals surface area contributed by atoms with E-state index in [-0.39, 0.29) is 24.5 Å². The van der Waals surface area contributed by atoms with Crippen LogP contribution in [0, 0.1) is 0 Å². The third-order valence-corrected chi connectivity index (χ3v) is 2.71. The smallest absolute Gasteiger partial charge is 0.262 e. The Labute approximate surface area is 105 Å². The summed E-state index contributed by atoms with van der Waals surface area (Å²) in [6.07, 6.45) is 0. The largest absolute Gasteiger partial charge is 0.482 e. The fraction of sp³-hybridized carbons (Fsp3) is 0.333. The van der Waals surface area contributed by atoms with Gasteiger partial charge in [0.25, 0.3) is 5.91 Å². The van der Waals surface area contributed by atoms with Crippen molar-refractivity contribution < 1.29 is 14.3 Å². The SMILES string of the molecule is CNC(C)C(=O)Nc1ccc2c(c1)NC(=O)CO2. The van der Waals surface area contributed by atoms with Gasteiger partial charge in [0.1, 0.15) is 5.75 Å². The lowest BCUT2D eigenvalue weighted by atomic mass is 10.2. The molecule has 6 nitrogen and oxygen atoms in total. The standard InChI is InChI=1S/C12H15N3O3/c1-7(13-2)12(17)14-8-3-4-10-9(5-8)15-11(16)6-18-10/h3-5,7,13H,6H2,1-2H3,(H,14,17)(H,15,16). The zero-order valence-corrected chi connectivity index (χ0v) is 10.2. The minimum Gasteiger partial charge on any atom is -0.482 e. The Morgan fingerprint density at radius 2 is 2.28 bits per heavy atom. The molecular weight excluding hydrogens is 234 g/mol. The van der Waals surface area contributed by atoms with Crippen molar-refractivity contribution in [1.29, 1.82) is 0 Å². The number of carbonyl (C=O) groups is 2. The van der Waals surface area contributed by atoms with E-state index in [2.05, 4.69) is 16.0 Å². The third-order valence-electron chi connectivity index (χ3n) is 2.71. The van der Waals surface area contributed by atoms with Gasteiger partial charge in [-0.25, -0.2) is 0 Å². The van der Waals surface area contributed by atoms with Gasteiger partial charge in [0.2, 0.25) is 5.91 Å². The molecule has 0 aliphatic carbocycles. The summed E-state index contributed by atoms with van der Waals surface area (Å²) in [5, 5.41) is 8.28. The van der Waals surface area contributed by atoms with Gasteiger partial charge in [0.15, 0.2) is 6.61 Å². The quantitative estimate of drug-likeness (QED) is 0.731. The maximum absolute atomic E-state index is 11.7. The number of ether oxygens (including phenoxy) is 1. The first-order chi connectivity index (χ1) is 8.60. The zero-order valence-electron chi connectivity index (χ0n) is 10.2. The number of fused-ring (bicyclic) bond motifs is 1. The molecule has 0 fully saturated rings. The molecule has 0 saturated heterocycles. The van der Waals surface area contributed by atoms with Crippen LogP contribution in [0.2, 0.25) is 0 Å². The van der Waals surface area contributed by atoms with Crippen molar-refractivity contribution in [3.63, 3.8) is 0 Å². The van der Waals surface area contributed by atoms with Crippen LogP contribution in [-0.2, 0) is 9.59 Å². The van der Waals surface area contributed by atoms with Crippen LogP contribution in [-0.4, -0.2) is 31.5 Å². The second kappa shape index (κ2) is 5.05. The van der Waals surface area contributed by atoms with Gasteiger partial charge >= 0.3 is 0 Å². The Balaban J connectivity index is 2.13. The van der Waals surface area contributed by atoms with Gasteiger partial charge in [-0.1, -0.05) is 0 Å². The number of amides is 2. The van der Waals surface area contributed by atoms with Crippen LogP contribution in [0.3, 0.4) is 0 Å². The molecular formula is C12H15N3O3. The topological polar surface area (TPSA) is 79.5 Å². The van der Waals surface area contributed by atoms with E-state index in [1.165, 1.54) is 0 Å². The van der Waals surface area contributed by atoms with E-state index in [4.69, 9.17) is 4.74 Å². The molecule has 0 radical (unpaired) electrons. The summed E-state index contributed by atoms with van der Waals surface area (Å²) in [4.78, 5) is 22.9. The van der Waals surface area contributed by atoms with E-state index in [9.17, 15) is 9.59 Å². The number of likely N-dealkylation sites (N-methyl/N-ethyl adjacent to an activating group) is 1. The first-order valence-electron chi connectivity index (χ1n) is 5.65. The van der Waals surface area contributed by atoms with E-state index in [1.807, 2.05) is 0 Å². The molecule has 18 heavy (non-hydrogen) atoms. The lowest BCUT2D eigenvalue weighted by molar-refractivity contribution is -0.119. The molecule has 1 heterocycles. The summed E-state index contributed by atoms with van der Waals surface area (Å²) in [5.41, 5.74) is 1.19. The summed E-state index contributed by atoms with van der Waals surface area (Å²) in [6.45, 7) is 1.79. The van der Waals surface area contributed by atoms with Crippen molar-refractivity contribution in [2.24, 2.45) is 0 Å². The highest BCUT2D eigenvalue weighted by Gasteiger charge is 2.17. The van der Waals surface area contributed by atoms with Crippen LogP contribution in [0.1, 0.15) is 6.92 Å². The molecule has 1 aliphatic heterocycles. The molecule has 0 aromatic heterocycles. The minimum atomic E-state index is -0.285. The lowest BCUT2D eigenvalue weighted by Gasteiger charge is -2.19. The molecule has 1 unspecified atom stereocenters. The molecule has 3 N–H and O–H groups in total. The van der Waals surface area contributed by atoms with Gasteiger partial charge in [-0.3, -0.25) is 9.59 Å².